The van der Waals surface area contributed by atoms with E-state index in [9.17, 15) is 4.79 Å². The molecule has 0 spiro atoms. The standard InChI is InChI=1S/C12H15NO/c1-9-6-4-5-7-12(9)13-10(2)8-11(3)14/h4-8,13H,1-3H3/b10-8-. The molecule has 74 valence electrons. The second kappa shape index (κ2) is 4.61. The van der Waals surface area contributed by atoms with E-state index in [1.165, 1.54) is 5.56 Å². The van der Waals surface area contributed by atoms with E-state index in [1.807, 2.05) is 38.1 Å². The molecule has 1 rings (SSSR count). The summed E-state index contributed by atoms with van der Waals surface area (Å²) in [5, 5.41) is 3.18. The third-order valence-electron chi connectivity index (χ3n) is 1.90. The molecular weight excluding hydrogens is 174 g/mol. The Kier molecular flexibility index (Phi) is 3.46. The summed E-state index contributed by atoms with van der Waals surface area (Å²) in [4.78, 5) is 10.8. The Morgan fingerprint density at radius 1 is 1.29 bits per heavy atom. The fourth-order valence-corrected chi connectivity index (χ4v) is 1.27. The van der Waals surface area contributed by atoms with Gasteiger partial charge in [-0.3, -0.25) is 4.79 Å². The van der Waals surface area contributed by atoms with Crippen molar-refractivity contribution in [1.29, 1.82) is 0 Å². The van der Waals surface area contributed by atoms with Crippen LogP contribution in [0.15, 0.2) is 36.0 Å². The number of anilines is 1. The number of hydrogen-bond acceptors (Lipinski definition) is 2. The first kappa shape index (κ1) is 10.5. The van der Waals surface area contributed by atoms with Crippen molar-refractivity contribution < 1.29 is 4.79 Å². The van der Waals surface area contributed by atoms with Crippen LogP contribution in [0.1, 0.15) is 19.4 Å². The number of nitrogens with one attached hydrogen (secondary N) is 1. The van der Waals surface area contributed by atoms with E-state index in [4.69, 9.17) is 0 Å². The second-order valence-corrected chi connectivity index (χ2v) is 3.38. The molecule has 0 bridgehead atoms. The highest BCUT2D eigenvalue weighted by Crippen LogP contribution is 2.15. The summed E-state index contributed by atoms with van der Waals surface area (Å²) in [5.41, 5.74) is 3.08. The van der Waals surface area contributed by atoms with Gasteiger partial charge in [0.1, 0.15) is 0 Å². The lowest BCUT2D eigenvalue weighted by molar-refractivity contribution is -0.112. The number of para-hydroxylation sites is 1. The van der Waals surface area contributed by atoms with Crippen molar-refractivity contribution in [3.63, 3.8) is 0 Å². The van der Waals surface area contributed by atoms with Crippen molar-refractivity contribution >= 4 is 11.5 Å². The SMILES string of the molecule is CC(=O)/C=C(/C)Nc1ccccc1C. The number of benzene rings is 1. The molecule has 14 heavy (non-hydrogen) atoms. The van der Waals surface area contributed by atoms with Crippen LogP contribution in [0.2, 0.25) is 0 Å². The van der Waals surface area contributed by atoms with E-state index < -0.39 is 0 Å². The van der Waals surface area contributed by atoms with Crippen LogP contribution in [0.5, 0.6) is 0 Å². The van der Waals surface area contributed by atoms with E-state index in [0.29, 0.717) is 0 Å². The molecule has 2 heteroatoms. The molecule has 1 N–H and O–H groups in total. The summed E-state index contributed by atoms with van der Waals surface area (Å²) in [5.74, 6) is 0.0589. The minimum absolute atomic E-state index is 0.0589. The molecule has 0 aromatic heterocycles. The number of rotatable bonds is 3. The highest BCUT2D eigenvalue weighted by atomic mass is 16.1. The van der Waals surface area contributed by atoms with Gasteiger partial charge in [0.25, 0.3) is 0 Å². The molecule has 2 nitrogen and oxygen atoms in total. The lowest BCUT2D eigenvalue weighted by Gasteiger charge is -2.08. The van der Waals surface area contributed by atoms with E-state index in [1.54, 1.807) is 13.0 Å². The number of ketones is 1. The molecule has 1 aromatic carbocycles. The molecular formula is C12H15NO. The summed E-state index contributed by atoms with van der Waals surface area (Å²) in [7, 11) is 0. The monoisotopic (exact) mass is 189 g/mol. The third-order valence-corrected chi connectivity index (χ3v) is 1.90. The van der Waals surface area contributed by atoms with Crippen molar-refractivity contribution in [2.75, 3.05) is 5.32 Å². The van der Waals surface area contributed by atoms with Gasteiger partial charge in [0.15, 0.2) is 5.78 Å². The first-order valence-corrected chi connectivity index (χ1v) is 4.61. The zero-order valence-corrected chi connectivity index (χ0v) is 8.79. The Morgan fingerprint density at radius 2 is 1.93 bits per heavy atom. The van der Waals surface area contributed by atoms with Gasteiger partial charge in [-0.05, 0) is 38.5 Å². The number of hydrogen-bond donors (Lipinski definition) is 1. The molecule has 0 amide bonds. The molecule has 0 atom stereocenters. The largest absolute Gasteiger partial charge is 0.359 e. The maximum Gasteiger partial charge on any atom is 0.154 e. The first-order chi connectivity index (χ1) is 6.59. The average molecular weight is 189 g/mol. The topological polar surface area (TPSA) is 29.1 Å². The summed E-state index contributed by atoms with van der Waals surface area (Å²) >= 11 is 0. The van der Waals surface area contributed by atoms with Crippen LogP contribution in [0, 0.1) is 6.92 Å². The van der Waals surface area contributed by atoms with Crippen molar-refractivity contribution in [3.8, 4) is 0 Å². The molecule has 1 aromatic rings. The highest BCUT2D eigenvalue weighted by molar-refractivity contribution is 5.88. The fraction of sp³-hybridized carbons (Fsp3) is 0.250. The van der Waals surface area contributed by atoms with Gasteiger partial charge in [-0.15, -0.1) is 0 Å². The Labute approximate surface area is 84.6 Å². The zero-order chi connectivity index (χ0) is 10.6. The smallest absolute Gasteiger partial charge is 0.154 e. The van der Waals surface area contributed by atoms with Crippen LogP contribution < -0.4 is 5.32 Å². The maximum absolute atomic E-state index is 10.8. The fourth-order valence-electron chi connectivity index (χ4n) is 1.27. The van der Waals surface area contributed by atoms with Crippen LogP contribution >= 0.6 is 0 Å². The first-order valence-electron chi connectivity index (χ1n) is 4.61. The molecule has 0 aliphatic carbocycles. The Morgan fingerprint density at radius 3 is 2.50 bits per heavy atom. The van der Waals surface area contributed by atoms with E-state index in [-0.39, 0.29) is 5.78 Å². The van der Waals surface area contributed by atoms with Gasteiger partial charge in [0.2, 0.25) is 0 Å². The van der Waals surface area contributed by atoms with Gasteiger partial charge in [0, 0.05) is 11.4 Å². The summed E-state index contributed by atoms with van der Waals surface area (Å²) < 4.78 is 0. The lowest BCUT2D eigenvalue weighted by Crippen LogP contribution is -1.99. The molecule has 0 fully saturated rings. The van der Waals surface area contributed by atoms with Crippen molar-refractivity contribution in [2.24, 2.45) is 0 Å². The Hall–Kier alpha value is -1.57. The van der Waals surface area contributed by atoms with Gasteiger partial charge in [-0.1, -0.05) is 18.2 Å². The third kappa shape index (κ3) is 3.05. The van der Waals surface area contributed by atoms with Crippen molar-refractivity contribution in [1.82, 2.24) is 0 Å². The molecule has 0 radical (unpaired) electrons. The number of carbonyl (C=O) groups is 1. The molecule has 0 aliphatic heterocycles. The number of allylic oxidation sites excluding steroid dienone is 2. The van der Waals surface area contributed by atoms with E-state index in [0.717, 1.165) is 11.4 Å². The van der Waals surface area contributed by atoms with E-state index in [2.05, 4.69) is 5.32 Å². The number of aryl methyl sites for hydroxylation is 1. The average Bonchev–Trinajstić information content (AvgIpc) is 2.07. The van der Waals surface area contributed by atoms with Crippen LogP contribution in [0.3, 0.4) is 0 Å². The molecule has 0 aliphatic rings. The minimum Gasteiger partial charge on any atom is -0.359 e. The lowest BCUT2D eigenvalue weighted by atomic mass is 10.2. The summed E-state index contributed by atoms with van der Waals surface area (Å²) in [6.07, 6.45) is 1.59. The maximum atomic E-state index is 10.8. The van der Waals surface area contributed by atoms with Crippen LogP contribution in [-0.4, -0.2) is 5.78 Å². The van der Waals surface area contributed by atoms with Gasteiger partial charge < -0.3 is 5.32 Å². The zero-order valence-electron chi connectivity index (χ0n) is 8.79. The highest BCUT2D eigenvalue weighted by Gasteiger charge is 1.96. The van der Waals surface area contributed by atoms with Gasteiger partial charge in [0.05, 0.1) is 0 Å². The quantitative estimate of drug-likeness (QED) is 0.741. The van der Waals surface area contributed by atoms with E-state index >= 15 is 0 Å². The predicted molar refractivity (Wildman–Crippen MR) is 59.2 cm³/mol. The molecule has 0 saturated heterocycles. The normalized spacial score (nSPS) is 11.2. The van der Waals surface area contributed by atoms with Crippen molar-refractivity contribution in [3.05, 3.63) is 41.6 Å². The predicted octanol–water partition coefficient (Wildman–Crippen LogP) is 2.90. The van der Waals surface area contributed by atoms with Crippen LogP contribution in [0.25, 0.3) is 0 Å². The molecule has 0 heterocycles. The van der Waals surface area contributed by atoms with Crippen LogP contribution in [0.4, 0.5) is 5.69 Å². The Balaban J connectivity index is 2.79. The number of carbonyl (C=O) groups excluding carboxylic acids is 1. The van der Waals surface area contributed by atoms with Gasteiger partial charge in [-0.2, -0.15) is 0 Å². The molecule has 0 saturated carbocycles. The van der Waals surface area contributed by atoms with Crippen LogP contribution in [-0.2, 0) is 4.79 Å². The second-order valence-electron chi connectivity index (χ2n) is 3.38. The molecule has 0 unspecified atom stereocenters. The minimum atomic E-state index is 0.0589. The van der Waals surface area contributed by atoms with Crippen molar-refractivity contribution in [2.45, 2.75) is 20.8 Å². The van der Waals surface area contributed by atoms with Gasteiger partial charge >= 0.3 is 0 Å². The Bertz CT molecular complexity index is 366. The summed E-state index contributed by atoms with van der Waals surface area (Å²) in [6, 6.07) is 7.98. The summed E-state index contributed by atoms with van der Waals surface area (Å²) in [6.45, 7) is 5.46. The van der Waals surface area contributed by atoms with Gasteiger partial charge in [-0.25, -0.2) is 0 Å².